The standard InChI is InChI=1S/C20H25ClN2O4S/c1-14-7-5-10-19(15(14)2)27-12-11-22-20(24)16(3)23(28(4,25)26)18-9-6-8-17(21)13-18/h5-10,13,16H,11-12H2,1-4H3,(H,22,24)/t16-/m0/s1. The second kappa shape index (κ2) is 9.30. The predicted octanol–water partition coefficient (Wildman–Crippen LogP) is 3.31. The molecule has 6 nitrogen and oxygen atoms in total. The molecule has 0 radical (unpaired) electrons. The van der Waals surface area contributed by atoms with Crippen LogP contribution in [0.2, 0.25) is 5.02 Å². The van der Waals surface area contributed by atoms with E-state index >= 15 is 0 Å². The summed E-state index contributed by atoms with van der Waals surface area (Å²) in [7, 11) is -3.68. The lowest BCUT2D eigenvalue weighted by Gasteiger charge is -2.28. The number of carbonyl (C=O) groups is 1. The zero-order chi connectivity index (χ0) is 20.9. The third-order valence-electron chi connectivity index (χ3n) is 4.36. The Hall–Kier alpha value is -2.25. The molecule has 28 heavy (non-hydrogen) atoms. The molecule has 8 heteroatoms. The Bertz CT molecular complexity index is 947. The van der Waals surface area contributed by atoms with Gasteiger partial charge in [-0.15, -0.1) is 0 Å². The van der Waals surface area contributed by atoms with Crippen molar-refractivity contribution in [2.24, 2.45) is 0 Å². The molecule has 1 amide bonds. The molecular formula is C20H25ClN2O4S. The Morgan fingerprint density at radius 2 is 1.89 bits per heavy atom. The molecule has 0 aliphatic heterocycles. The van der Waals surface area contributed by atoms with Crippen molar-refractivity contribution in [3.05, 3.63) is 58.6 Å². The number of amides is 1. The van der Waals surface area contributed by atoms with Crippen LogP contribution in [-0.4, -0.2) is 39.8 Å². The van der Waals surface area contributed by atoms with E-state index in [2.05, 4.69) is 5.32 Å². The largest absolute Gasteiger partial charge is 0.491 e. The van der Waals surface area contributed by atoms with E-state index in [4.69, 9.17) is 16.3 Å². The van der Waals surface area contributed by atoms with Gasteiger partial charge >= 0.3 is 0 Å². The van der Waals surface area contributed by atoms with Gasteiger partial charge in [-0.2, -0.15) is 0 Å². The van der Waals surface area contributed by atoms with E-state index in [0.29, 0.717) is 10.7 Å². The van der Waals surface area contributed by atoms with Gasteiger partial charge in [0.25, 0.3) is 0 Å². The molecule has 0 aliphatic rings. The Morgan fingerprint density at radius 1 is 1.21 bits per heavy atom. The third kappa shape index (κ3) is 5.62. The summed E-state index contributed by atoms with van der Waals surface area (Å²) < 4.78 is 31.3. The molecule has 2 rings (SSSR count). The van der Waals surface area contributed by atoms with E-state index in [0.717, 1.165) is 27.4 Å². The number of hydrogen-bond donors (Lipinski definition) is 1. The van der Waals surface area contributed by atoms with Crippen LogP contribution in [-0.2, 0) is 14.8 Å². The number of ether oxygens (including phenoxy) is 1. The van der Waals surface area contributed by atoms with Gasteiger partial charge in [-0.3, -0.25) is 9.10 Å². The average molecular weight is 425 g/mol. The number of carbonyl (C=O) groups excluding carboxylic acids is 1. The highest BCUT2D eigenvalue weighted by Crippen LogP contribution is 2.24. The summed E-state index contributed by atoms with van der Waals surface area (Å²) in [6, 6.07) is 11.2. The van der Waals surface area contributed by atoms with Crippen molar-refractivity contribution in [1.29, 1.82) is 0 Å². The average Bonchev–Trinajstić information content (AvgIpc) is 2.60. The first-order valence-electron chi connectivity index (χ1n) is 8.83. The van der Waals surface area contributed by atoms with Crippen LogP contribution in [0.3, 0.4) is 0 Å². The van der Waals surface area contributed by atoms with E-state index in [1.165, 1.54) is 13.0 Å². The van der Waals surface area contributed by atoms with Crippen LogP contribution < -0.4 is 14.4 Å². The van der Waals surface area contributed by atoms with Crippen LogP contribution in [0.4, 0.5) is 5.69 Å². The van der Waals surface area contributed by atoms with E-state index in [9.17, 15) is 13.2 Å². The third-order valence-corrected chi connectivity index (χ3v) is 5.84. The lowest BCUT2D eigenvalue weighted by atomic mass is 10.1. The van der Waals surface area contributed by atoms with Crippen molar-refractivity contribution in [3.63, 3.8) is 0 Å². The fourth-order valence-electron chi connectivity index (χ4n) is 2.79. The van der Waals surface area contributed by atoms with Gasteiger partial charge in [0.2, 0.25) is 15.9 Å². The zero-order valence-electron chi connectivity index (χ0n) is 16.4. The summed E-state index contributed by atoms with van der Waals surface area (Å²) in [6.45, 7) is 6.03. The number of aryl methyl sites for hydroxylation is 1. The van der Waals surface area contributed by atoms with Crippen LogP contribution in [0.25, 0.3) is 0 Å². The molecule has 0 saturated carbocycles. The van der Waals surface area contributed by atoms with Gasteiger partial charge in [-0.1, -0.05) is 29.8 Å². The summed E-state index contributed by atoms with van der Waals surface area (Å²) >= 11 is 5.97. The molecule has 152 valence electrons. The highest BCUT2D eigenvalue weighted by atomic mass is 35.5. The van der Waals surface area contributed by atoms with Crippen LogP contribution >= 0.6 is 11.6 Å². The number of sulfonamides is 1. The smallest absolute Gasteiger partial charge is 0.243 e. The summed E-state index contributed by atoms with van der Waals surface area (Å²) in [5.74, 6) is 0.342. The number of hydrogen-bond acceptors (Lipinski definition) is 4. The summed E-state index contributed by atoms with van der Waals surface area (Å²) in [6.07, 6.45) is 1.06. The lowest BCUT2D eigenvalue weighted by molar-refractivity contribution is -0.121. The molecule has 0 aromatic heterocycles. The maximum atomic E-state index is 12.5. The first kappa shape index (κ1) is 22.0. The second-order valence-corrected chi connectivity index (χ2v) is 8.85. The van der Waals surface area contributed by atoms with Crippen molar-refractivity contribution < 1.29 is 17.9 Å². The second-order valence-electron chi connectivity index (χ2n) is 6.55. The van der Waals surface area contributed by atoms with E-state index in [-0.39, 0.29) is 13.2 Å². The van der Waals surface area contributed by atoms with Gasteiger partial charge < -0.3 is 10.1 Å². The van der Waals surface area contributed by atoms with Crippen LogP contribution in [0.1, 0.15) is 18.1 Å². The summed E-state index contributed by atoms with van der Waals surface area (Å²) in [4.78, 5) is 12.5. The van der Waals surface area contributed by atoms with Gasteiger partial charge in [0.1, 0.15) is 18.4 Å². The van der Waals surface area contributed by atoms with Gasteiger partial charge in [-0.25, -0.2) is 8.42 Å². The van der Waals surface area contributed by atoms with Crippen molar-refractivity contribution in [2.75, 3.05) is 23.7 Å². The summed E-state index contributed by atoms with van der Waals surface area (Å²) in [5, 5.41) is 3.11. The highest BCUT2D eigenvalue weighted by molar-refractivity contribution is 7.92. The van der Waals surface area contributed by atoms with Crippen molar-refractivity contribution in [3.8, 4) is 5.75 Å². The minimum absolute atomic E-state index is 0.254. The van der Waals surface area contributed by atoms with Crippen molar-refractivity contribution in [1.82, 2.24) is 5.32 Å². The van der Waals surface area contributed by atoms with Crippen LogP contribution in [0.15, 0.2) is 42.5 Å². The van der Waals surface area contributed by atoms with Crippen LogP contribution in [0, 0.1) is 13.8 Å². The van der Waals surface area contributed by atoms with Gasteiger partial charge in [0.05, 0.1) is 18.5 Å². The topological polar surface area (TPSA) is 75.7 Å². The number of nitrogens with one attached hydrogen (secondary N) is 1. The van der Waals surface area contributed by atoms with E-state index in [1.807, 2.05) is 32.0 Å². The normalized spacial score (nSPS) is 12.3. The van der Waals surface area contributed by atoms with Gasteiger partial charge in [0.15, 0.2) is 0 Å². The van der Waals surface area contributed by atoms with Crippen molar-refractivity contribution >= 4 is 33.2 Å². The molecule has 2 aromatic carbocycles. The molecule has 0 bridgehead atoms. The lowest BCUT2D eigenvalue weighted by Crippen LogP contribution is -2.48. The molecule has 1 N–H and O–H groups in total. The van der Waals surface area contributed by atoms with E-state index in [1.54, 1.807) is 18.2 Å². The van der Waals surface area contributed by atoms with Crippen molar-refractivity contribution in [2.45, 2.75) is 26.8 Å². The number of anilines is 1. The fourth-order valence-corrected chi connectivity index (χ4v) is 4.14. The fraction of sp³-hybridized carbons (Fsp3) is 0.350. The molecule has 0 aliphatic carbocycles. The Balaban J connectivity index is 2.00. The molecule has 0 unspecified atom stereocenters. The molecule has 0 heterocycles. The minimum atomic E-state index is -3.68. The van der Waals surface area contributed by atoms with E-state index < -0.39 is 22.0 Å². The maximum absolute atomic E-state index is 12.5. The molecule has 0 fully saturated rings. The van der Waals surface area contributed by atoms with Crippen LogP contribution in [0.5, 0.6) is 5.75 Å². The number of benzene rings is 2. The maximum Gasteiger partial charge on any atom is 0.243 e. The molecule has 0 saturated heterocycles. The number of halogens is 1. The Morgan fingerprint density at radius 3 is 2.54 bits per heavy atom. The predicted molar refractivity (Wildman–Crippen MR) is 113 cm³/mol. The molecule has 1 atom stereocenters. The quantitative estimate of drug-likeness (QED) is 0.659. The van der Waals surface area contributed by atoms with Gasteiger partial charge in [0, 0.05) is 5.02 Å². The van der Waals surface area contributed by atoms with Gasteiger partial charge in [-0.05, 0) is 56.2 Å². The minimum Gasteiger partial charge on any atom is -0.491 e. The first-order valence-corrected chi connectivity index (χ1v) is 11.1. The number of nitrogens with zero attached hydrogens (tertiary/aromatic N) is 1. The highest BCUT2D eigenvalue weighted by Gasteiger charge is 2.29. The Kier molecular flexibility index (Phi) is 7.32. The Labute approximate surface area is 171 Å². The molecular weight excluding hydrogens is 400 g/mol. The summed E-state index contributed by atoms with van der Waals surface area (Å²) in [5.41, 5.74) is 2.51. The zero-order valence-corrected chi connectivity index (χ0v) is 18.0. The number of rotatable bonds is 8. The molecule has 0 spiro atoms. The first-order chi connectivity index (χ1) is 13.1. The molecule has 2 aromatic rings. The SMILES string of the molecule is Cc1cccc(OCCNC(=O)[C@H](C)N(c2cccc(Cl)c2)S(C)(=O)=O)c1C. The monoisotopic (exact) mass is 424 g/mol.